The van der Waals surface area contributed by atoms with Crippen molar-refractivity contribution >= 4 is 34.8 Å². The Bertz CT molecular complexity index is 577. The molecule has 6 nitrogen and oxygen atoms in total. The molecule has 7 heteroatoms. The molecule has 0 saturated heterocycles. The van der Waals surface area contributed by atoms with E-state index in [9.17, 15) is 9.59 Å². The second kappa shape index (κ2) is 5.01. The van der Waals surface area contributed by atoms with Gasteiger partial charge in [0.2, 0.25) is 11.2 Å². The molecular weight excluding hydrogens is 280 g/mol. The fraction of sp³-hybridized carbons (Fsp3) is 0.538. The predicted molar refractivity (Wildman–Crippen MR) is 75.1 cm³/mol. The Labute approximate surface area is 121 Å². The third-order valence-electron chi connectivity index (χ3n) is 3.94. The second-order valence-electron chi connectivity index (χ2n) is 5.12. The van der Waals surface area contributed by atoms with Gasteiger partial charge in [0.1, 0.15) is 5.69 Å². The van der Waals surface area contributed by atoms with Gasteiger partial charge in [-0.1, -0.05) is 0 Å². The standard InChI is InChI=1S/C13H15ClN4O2/c1-17-9-7-15-13(14)16-12(9)18(6-5-11(17)20)8-3-2-4-10(8)19/h7-8H,2-6H2,1H3. The average Bonchev–Trinajstić information content (AvgIpc) is 2.80. The Morgan fingerprint density at radius 1 is 1.35 bits per heavy atom. The summed E-state index contributed by atoms with van der Waals surface area (Å²) in [6.45, 7) is 0.486. The lowest BCUT2D eigenvalue weighted by molar-refractivity contribution is -0.119. The van der Waals surface area contributed by atoms with Gasteiger partial charge in [-0.15, -0.1) is 0 Å². The van der Waals surface area contributed by atoms with E-state index in [2.05, 4.69) is 9.97 Å². The minimum absolute atomic E-state index is 0.00915. The fourth-order valence-corrected chi connectivity index (χ4v) is 2.98. The van der Waals surface area contributed by atoms with Gasteiger partial charge in [0.05, 0.1) is 12.2 Å². The van der Waals surface area contributed by atoms with Crippen LogP contribution >= 0.6 is 11.6 Å². The van der Waals surface area contributed by atoms with E-state index in [1.165, 1.54) is 4.90 Å². The molecule has 106 valence electrons. The van der Waals surface area contributed by atoms with E-state index in [-0.39, 0.29) is 23.0 Å². The van der Waals surface area contributed by atoms with Gasteiger partial charge in [0.15, 0.2) is 11.6 Å². The van der Waals surface area contributed by atoms with Crippen LogP contribution in [-0.4, -0.2) is 41.3 Å². The average molecular weight is 295 g/mol. The first kappa shape index (κ1) is 13.3. The van der Waals surface area contributed by atoms with Gasteiger partial charge in [0.25, 0.3) is 0 Å². The van der Waals surface area contributed by atoms with Gasteiger partial charge in [-0.3, -0.25) is 9.59 Å². The first-order chi connectivity index (χ1) is 9.58. The number of aromatic nitrogens is 2. The summed E-state index contributed by atoms with van der Waals surface area (Å²) in [6.07, 6.45) is 4.18. The molecule has 1 aromatic heterocycles. The predicted octanol–water partition coefficient (Wildman–Crippen LogP) is 1.42. The minimum atomic E-state index is -0.195. The third-order valence-corrected chi connectivity index (χ3v) is 4.13. The van der Waals surface area contributed by atoms with Gasteiger partial charge >= 0.3 is 0 Å². The van der Waals surface area contributed by atoms with E-state index < -0.39 is 0 Å². The van der Waals surface area contributed by atoms with Gasteiger partial charge in [-0.2, -0.15) is 4.98 Å². The largest absolute Gasteiger partial charge is 0.344 e. The highest BCUT2D eigenvalue weighted by atomic mass is 35.5. The molecule has 1 saturated carbocycles. The van der Waals surface area contributed by atoms with E-state index in [4.69, 9.17) is 11.6 Å². The van der Waals surface area contributed by atoms with Crippen molar-refractivity contribution in [3.63, 3.8) is 0 Å². The molecule has 2 heterocycles. The highest BCUT2D eigenvalue weighted by molar-refractivity contribution is 6.28. The highest BCUT2D eigenvalue weighted by Gasteiger charge is 2.35. The number of carbonyl (C=O) groups excluding carboxylic acids is 2. The van der Waals surface area contributed by atoms with Crippen LogP contribution < -0.4 is 9.80 Å². The van der Waals surface area contributed by atoms with Crippen molar-refractivity contribution in [2.75, 3.05) is 23.4 Å². The topological polar surface area (TPSA) is 66.4 Å². The summed E-state index contributed by atoms with van der Waals surface area (Å²) >= 11 is 5.89. The van der Waals surface area contributed by atoms with E-state index in [1.54, 1.807) is 13.2 Å². The maximum Gasteiger partial charge on any atom is 0.228 e. The Morgan fingerprint density at radius 2 is 2.15 bits per heavy atom. The van der Waals surface area contributed by atoms with Gasteiger partial charge in [-0.25, -0.2) is 4.98 Å². The maximum absolute atomic E-state index is 12.0. The molecule has 1 aliphatic heterocycles. The van der Waals surface area contributed by atoms with Crippen LogP contribution in [-0.2, 0) is 9.59 Å². The number of amides is 1. The van der Waals surface area contributed by atoms with Crippen LogP contribution in [0.1, 0.15) is 25.7 Å². The van der Waals surface area contributed by atoms with E-state index in [0.29, 0.717) is 30.9 Å². The molecule has 1 aliphatic carbocycles. The monoisotopic (exact) mass is 294 g/mol. The summed E-state index contributed by atoms with van der Waals surface area (Å²) in [5.41, 5.74) is 0.608. The second-order valence-corrected chi connectivity index (χ2v) is 5.46. The maximum atomic E-state index is 12.0. The number of Topliss-reactive ketones (excluding diaryl/α,β-unsaturated/α-hetero) is 1. The minimum Gasteiger partial charge on any atom is -0.344 e. The zero-order valence-corrected chi connectivity index (χ0v) is 11.9. The fourth-order valence-electron chi connectivity index (χ4n) is 2.85. The third kappa shape index (κ3) is 2.14. The van der Waals surface area contributed by atoms with Gasteiger partial charge in [0, 0.05) is 26.4 Å². The number of hydrogen-bond acceptors (Lipinski definition) is 5. The van der Waals surface area contributed by atoms with Crippen LogP contribution in [0.3, 0.4) is 0 Å². The van der Waals surface area contributed by atoms with Gasteiger partial charge in [-0.05, 0) is 24.4 Å². The molecule has 0 spiro atoms. The van der Waals surface area contributed by atoms with Crippen LogP contribution in [0.15, 0.2) is 6.20 Å². The summed E-state index contributed by atoms with van der Waals surface area (Å²) < 4.78 is 0. The first-order valence-corrected chi connectivity index (χ1v) is 7.04. The van der Waals surface area contributed by atoms with E-state index in [0.717, 1.165) is 12.8 Å². The van der Waals surface area contributed by atoms with E-state index >= 15 is 0 Å². The van der Waals surface area contributed by atoms with Crippen LogP contribution in [0.25, 0.3) is 0 Å². The van der Waals surface area contributed by atoms with Crippen LogP contribution in [0.5, 0.6) is 0 Å². The molecule has 0 bridgehead atoms. The summed E-state index contributed by atoms with van der Waals surface area (Å²) in [5, 5.41) is 0.127. The Kier molecular flexibility index (Phi) is 3.33. The van der Waals surface area contributed by atoms with Crippen molar-refractivity contribution in [2.24, 2.45) is 0 Å². The smallest absolute Gasteiger partial charge is 0.228 e. The molecule has 0 radical (unpaired) electrons. The molecule has 1 aromatic rings. The Balaban J connectivity index is 2.08. The lowest BCUT2D eigenvalue weighted by Crippen LogP contribution is -2.39. The van der Waals surface area contributed by atoms with E-state index in [1.807, 2.05) is 4.90 Å². The number of halogens is 1. The first-order valence-electron chi connectivity index (χ1n) is 6.66. The van der Waals surface area contributed by atoms with Crippen molar-refractivity contribution in [3.8, 4) is 0 Å². The molecule has 0 N–H and O–H groups in total. The molecule has 20 heavy (non-hydrogen) atoms. The number of carbonyl (C=O) groups is 2. The Hall–Kier alpha value is -1.69. The molecule has 2 aliphatic rings. The highest BCUT2D eigenvalue weighted by Crippen LogP contribution is 2.34. The zero-order valence-electron chi connectivity index (χ0n) is 11.2. The molecule has 0 aromatic carbocycles. The lowest BCUT2D eigenvalue weighted by atomic mass is 10.2. The number of fused-ring (bicyclic) bond motifs is 1. The quantitative estimate of drug-likeness (QED) is 0.733. The van der Waals surface area contributed by atoms with Crippen molar-refractivity contribution in [3.05, 3.63) is 11.5 Å². The van der Waals surface area contributed by atoms with Crippen molar-refractivity contribution in [2.45, 2.75) is 31.7 Å². The molecule has 1 atom stereocenters. The number of rotatable bonds is 1. The van der Waals surface area contributed by atoms with Crippen LogP contribution in [0.4, 0.5) is 11.5 Å². The Morgan fingerprint density at radius 3 is 2.85 bits per heavy atom. The van der Waals surface area contributed by atoms with Gasteiger partial charge < -0.3 is 9.80 Å². The molecule has 1 amide bonds. The lowest BCUT2D eigenvalue weighted by Gasteiger charge is -2.28. The number of nitrogens with zero attached hydrogens (tertiary/aromatic N) is 4. The molecule has 1 fully saturated rings. The van der Waals surface area contributed by atoms with Crippen molar-refractivity contribution in [1.82, 2.24) is 9.97 Å². The SMILES string of the molecule is CN1C(=O)CCN(C2CCCC2=O)c2nc(Cl)ncc21. The number of ketones is 1. The van der Waals surface area contributed by atoms with Crippen LogP contribution in [0.2, 0.25) is 5.28 Å². The normalized spacial score (nSPS) is 23.0. The van der Waals surface area contributed by atoms with Crippen LogP contribution in [0, 0.1) is 0 Å². The summed E-state index contributed by atoms with van der Waals surface area (Å²) in [4.78, 5) is 35.7. The van der Waals surface area contributed by atoms with Crippen molar-refractivity contribution in [1.29, 1.82) is 0 Å². The number of anilines is 2. The summed E-state index contributed by atoms with van der Waals surface area (Å²) in [7, 11) is 1.69. The number of hydrogen-bond donors (Lipinski definition) is 0. The summed E-state index contributed by atoms with van der Waals surface area (Å²) in [5.74, 6) is 0.784. The zero-order chi connectivity index (χ0) is 14.3. The van der Waals surface area contributed by atoms with Crippen molar-refractivity contribution < 1.29 is 9.59 Å². The molecular formula is C13H15ClN4O2. The molecule has 3 rings (SSSR count). The summed E-state index contributed by atoms with van der Waals surface area (Å²) in [6, 6.07) is -0.195. The molecule has 1 unspecified atom stereocenters.